The second-order valence-electron chi connectivity index (χ2n) is 3.71. The fourth-order valence-electron chi connectivity index (χ4n) is 1.38. The molecule has 1 aromatic rings. The molecule has 0 bridgehead atoms. The maximum Gasteiger partial charge on any atom is 0.240 e. The van der Waals surface area contributed by atoms with Crippen LogP contribution in [0, 0.1) is 0 Å². The first-order chi connectivity index (χ1) is 7.15. The van der Waals surface area contributed by atoms with Gasteiger partial charge in [0.15, 0.2) is 0 Å². The Bertz CT molecular complexity index is 319. The van der Waals surface area contributed by atoms with Crippen molar-refractivity contribution in [3.05, 3.63) is 18.2 Å². The summed E-state index contributed by atoms with van der Waals surface area (Å²) in [7, 11) is 0. The van der Waals surface area contributed by atoms with Gasteiger partial charge in [0.05, 0.1) is 0 Å². The van der Waals surface area contributed by atoms with Crippen LogP contribution in [0.15, 0.2) is 12.4 Å². The minimum absolute atomic E-state index is 0.0275. The third kappa shape index (κ3) is 3.36. The molecular weight excluding hydrogens is 192 g/mol. The SMILES string of the molecule is CC(C)c1nccn1CC(=O)NCCN. The Kier molecular flexibility index (Phi) is 4.30. The van der Waals surface area contributed by atoms with Crippen LogP contribution in [0.1, 0.15) is 25.6 Å². The third-order valence-corrected chi connectivity index (χ3v) is 2.04. The average Bonchev–Trinajstić information content (AvgIpc) is 2.62. The number of aromatic nitrogens is 2. The highest BCUT2D eigenvalue weighted by Gasteiger charge is 2.09. The van der Waals surface area contributed by atoms with Gasteiger partial charge in [0.25, 0.3) is 0 Å². The van der Waals surface area contributed by atoms with Crippen LogP contribution >= 0.6 is 0 Å². The molecule has 0 aromatic carbocycles. The smallest absolute Gasteiger partial charge is 0.240 e. The van der Waals surface area contributed by atoms with Crippen molar-refractivity contribution in [3.63, 3.8) is 0 Å². The van der Waals surface area contributed by atoms with Crippen molar-refractivity contribution in [2.45, 2.75) is 26.3 Å². The quantitative estimate of drug-likeness (QED) is 0.723. The van der Waals surface area contributed by atoms with E-state index in [9.17, 15) is 4.79 Å². The van der Waals surface area contributed by atoms with Gasteiger partial charge in [-0.05, 0) is 0 Å². The first-order valence-corrected chi connectivity index (χ1v) is 5.13. The lowest BCUT2D eigenvalue weighted by Crippen LogP contribution is -2.32. The standard InChI is InChI=1S/C10H18N4O/c1-8(2)10-13-5-6-14(10)7-9(15)12-4-3-11/h5-6,8H,3-4,7,11H2,1-2H3,(H,12,15). The fourth-order valence-corrected chi connectivity index (χ4v) is 1.38. The summed E-state index contributed by atoms with van der Waals surface area (Å²) >= 11 is 0. The van der Waals surface area contributed by atoms with Crippen LogP contribution in [-0.2, 0) is 11.3 Å². The van der Waals surface area contributed by atoms with E-state index in [0.29, 0.717) is 25.6 Å². The molecular formula is C10H18N4O. The van der Waals surface area contributed by atoms with E-state index in [-0.39, 0.29) is 5.91 Å². The molecule has 0 saturated carbocycles. The van der Waals surface area contributed by atoms with E-state index in [1.54, 1.807) is 6.20 Å². The van der Waals surface area contributed by atoms with Gasteiger partial charge in [-0.25, -0.2) is 4.98 Å². The van der Waals surface area contributed by atoms with Crippen LogP contribution in [0.5, 0.6) is 0 Å². The van der Waals surface area contributed by atoms with Crippen LogP contribution in [-0.4, -0.2) is 28.5 Å². The zero-order valence-corrected chi connectivity index (χ0v) is 9.23. The molecule has 0 radical (unpaired) electrons. The van der Waals surface area contributed by atoms with Crippen molar-refractivity contribution < 1.29 is 4.79 Å². The lowest BCUT2D eigenvalue weighted by atomic mass is 10.2. The van der Waals surface area contributed by atoms with Gasteiger partial charge in [-0.3, -0.25) is 4.79 Å². The number of hydrogen-bond acceptors (Lipinski definition) is 3. The Hall–Kier alpha value is -1.36. The summed E-state index contributed by atoms with van der Waals surface area (Å²) < 4.78 is 1.86. The Balaban J connectivity index is 2.56. The van der Waals surface area contributed by atoms with Crippen LogP contribution in [0.2, 0.25) is 0 Å². The topological polar surface area (TPSA) is 72.9 Å². The Morgan fingerprint density at radius 1 is 1.67 bits per heavy atom. The molecule has 84 valence electrons. The van der Waals surface area contributed by atoms with Crippen molar-refractivity contribution in [2.75, 3.05) is 13.1 Å². The fraction of sp³-hybridized carbons (Fsp3) is 0.600. The molecule has 0 unspecified atom stereocenters. The highest BCUT2D eigenvalue weighted by Crippen LogP contribution is 2.10. The molecule has 1 heterocycles. The molecule has 3 N–H and O–H groups in total. The number of rotatable bonds is 5. The summed E-state index contributed by atoms with van der Waals surface area (Å²) in [5.41, 5.74) is 5.29. The van der Waals surface area contributed by atoms with Crippen molar-refractivity contribution in [3.8, 4) is 0 Å². The molecule has 1 aromatic heterocycles. The number of nitrogens with two attached hydrogens (primary N) is 1. The summed E-state index contributed by atoms with van der Waals surface area (Å²) in [6.07, 6.45) is 3.53. The summed E-state index contributed by atoms with van der Waals surface area (Å²) in [4.78, 5) is 15.6. The molecule has 0 aliphatic rings. The summed E-state index contributed by atoms with van der Waals surface area (Å²) in [6, 6.07) is 0. The van der Waals surface area contributed by atoms with E-state index < -0.39 is 0 Å². The second kappa shape index (κ2) is 5.50. The van der Waals surface area contributed by atoms with Crippen molar-refractivity contribution in [1.29, 1.82) is 0 Å². The van der Waals surface area contributed by atoms with Gasteiger partial charge in [0.1, 0.15) is 12.4 Å². The maximum atomic E-state index is 11.4. The minimum Gasteiger partial charge on any atom is -0.353 e. The lowest BCUT2D eigenvalue weighted by Gasteiger charge is -2.10. The van der Waals surface area contributed by atoms with Gasteiger partial charge in [-0.1, -0.05) is 13.8 Å². The number of carbonyl (C=O) groups is 1. The van der Waals surface area contributed by atoms with Crippen molar-refractivity contribution >= 4 is 5.91 Å². The molecule has 0 aliphatic heterocycles. The molecule has 1 amide bonds. The number of hydrogen-bond donors (Lipinski definition) is 2. The molecule has 0 atom stereocenters. The normalized spacial score (nSPS) is 10.7. The summed E-state index contributed by atoms with van der Waals surface area (Å²) in [6.45, 7) is 5.40. The lowest BCUT2D eigenvalue weighted by molar-refractivity contribution is -0.121. The molecule has 0 spiro atoms. The van der Waals surface area contributed by atoms with Crippen LogP contribution < -0.4 is 11.1 Å². The zero-order valence-electron chi connectivity index (χ0n) is 9.23. The Labute approximate surface area is 89.7 Å². The average molecular weight is 210 g/mol. The van der Waals surface area contributed by atoms with Gasteiger partial charge in [0, 0.05) is 31.4 Å². The number of amides is 1. The maximum absolute atomic E-state index is 11.4. The van der Waals surface area contributed by atoms with Crippen LogP contribution in [0.25, 0.3) is 0 Å². The predicted molar refractivity (Wildman–Crippen MR) is 58.4 cm³/mol. The van der Waals surface area contributed by atoms with Crippen molar-refractivity contribution in [2.24, 2.45) is 5.73 Å². The highest BCUT2D eigenvalue weighted by atomic mass is 16.1. The molecule has 0 saturated heterocycles. The third-order valence-electron chi connectivity index (χ3n) is 2.04. The van der Waals surface area contributed by atoms with E-state index in [1.165, 1.54) is 0 Å². The van der Waals surface area contributed by atoms with E-state index in [0.717, 1.165) is 5.82 Å². The molecule has 5 nitrogen and oxygen atoms in total. The Morgan fingerprint density at radius 2 is 2.40 bits per heavy atom. The van der Waals surface area contributed by atoms with E-state index in [2.05, 4.69) is 24.1 Å². The number of imidazole rings is 1. The minimum atomic E-state index is -0.0275. The molecule has 15 heavy (non-hydrogen) atoms. The van der Waals surface area contributed by atoms with Crippen LogP contribution in [0.4, 0.5) is 0 Å². The molecule has 1 rings (SSSR count). The van der Waals surface area contributed by atoms with Crippen LogP contribution in [0.3, 0.4) is 0 Å². The van der Waals surface area contributed by atoms with Gasteiger partial charge in [0.2, 0.25) is 5.91 Å². The van der Waals surface area contributed by atoms with Gasteiger partial charge >= 0.3 is 0 Å². The van der Waals surface area contributed by atoms with Crippen molar-refractivity contribution in [1.82, 2.24) is 14.9 Å². The number of nitrogens with one attached hydrogen (secondary N) is 1. The Morgan fingerprint density at radius 3 is 3.00 bits per heavy atom. The second-order valence-corrected chi connectivity index (χ2v) is 3.71. The van der Waals surface area contributed by atoms with Gasteiger partial charge in [-0.2, -0.15) is 0 Å². The largest absolute Gasteiger partial charge is 0.353 e. The number of carbonyl (C=O) groups excluding carboxylic acids is 1. The molecule has 5 heteroatoms. The summed E-state index contributed by atoms with van der Waals surface area (Å²) in [5.74, 6) is 1.22. The van der Waals surface area contributed by atoms with E-state index in [1.807, 2.05) is 10.8 Å². The molecule has 0 fully saturated rings. The monoisotopic (exact) mass is 210 g/mol. The highest BCUT2D eigenvalue weighted by molar-refractivity contribution is 5.75. The van der Waals surface area contributed by atoms with E-state index >= 15 is 0 Å². The zero-order chi connectivity index (χ0) is 11.3. The van der Waals surface area contributed by atoms with Gasteiger partial charge < -0.3 is 15.6 Å². The predicted octanol–water partition coefficient (Wildman–Crippen LogP) is 0.0814. The van der Waals surface area contributed by atoms with E-state index in [4.69, 9.17) is 5.73 Å². The number of nitrogens with zero attached hydrogens (tertiary/aromatic N) is 2. The first kappa shape index (κ1) is 11.7. The first-order valence-electron chi connectivity index (χ1n) is 5.13. The van der Waals surface area contributed by atoms with Gasteiger partial charge in [-0.15, -0.1) is 0 Å². The summed E-state index contributed by atoms with van der Waals surface area (Å²) in [5, 5.41) is 2.72. The molecule has 0 aliphatic carbocycles.